The van der Waals surface area contributed by atoms with E-state index in [9.17, 15) is 4.39 Å². The van der Waals surface area contributed by atoms with E-state index in [1.165, 1.54) is 0 Å². The SMILES string of the molecule is FCCn1ccc2c(Cl)nc(Cl)cc21. The average molecular weight is 233 g/mol. The Morgan fingerprint density at radius 2 is 2.21 bits per heavy atom. The zero-order valence-electron chi connectivity index (χ0n) is 7.17. The molecule has 0 spiro atoms. The van der Waals surface area contributed by atoms with Crippen LogP contribution in [-0.4, -0.2) is 16.2 Å². The second-order valence-corrected chi connectivity index (χ2v) is 3.61. The van der Waals surface area contributed by atoms with Gasteiger partial charge in [-0.15, -0.1) is 0 Å². The molecule has 0 aliphatic heterocycles. The predicted octanol–water partition coefficient (Wildman–Crippen LogP) is 3.31. The summed E-state index contributed by atoms with van der Waals surface area (Å²) in [6.45, 7) is -0.110. The summed E-state index contributed by atoms with van der Waals surface area (Å²) in [5.41, 5.74) is 0.813. The fraction of sp³-hybridized carbons (Fsp3) is 0.222. The minimum Gasteiger partial charge on any atom is -0.345 e. The van der Waals surface area contributed by atoms with E-state index in [2.05, 4.69) is 4.98 Å². The summed E-state index contributed by atoms with van der Waals surface area (Å²) in [4.78, 5) is 3.90. The van der Waals surface area contributed by atoms with Crippen LogP contribution in [0.2, 0.25) is 10.3 Å². The smallest absolute Gasteiger partial charge is 0.140 e. The number of alkyl halides is 1. The summed E-state index contributed by atoms with van der Waals surface area (Å²) >= 11 is 11.6. The lowest BCUT2D eigenvalue weighted by molar-refractivity contribution is 0.451. The van der Waals surface area contributed by atoms with Crippen LogP contribution in [0.25, 0.3) is 10.9 Å². The molecule has 2 aromatic heterocycles. The maximum atomic E-state index is 12.2. The standard InChI is InChI=1S/C9H7Cl2FN2/c10-8-5-7-6(9(11)13-8)1-3-14(7)4-2-12/h1,3,5H,2,4H2. The zero-order valence-corrected chi connectivity index (χ0v) is 8.69. The first-order chi connectivity index (χ1) is 6.72. The number of hydrogen-bond acceptors (Lipinski definition) is 1. The first-order valence-corrected chi connectivity index (χ1v) is 4.85. The molecule has 74 valence electrons. The lowest BCUT2D eigenvalue weighted by Crippen LogP contribution is -1.97. The third kappa shape index (κ3) is 1.57. The van der Waals surface area contributed by atoms with E-state index in [1.807, 2.05) is 0 Å². The average Bonchev–Trinajstić information content (AvgIpc) is 2.49. The van der Waals surface area contributed by atoms with Crippen molar-refractivity contribution in [2.24, 2.45) is 0 Å². The van der Waals surface area contributed by atoms with Crippen molar-refractivity contribution < 1.29 is 4.39 Å². The van der Waals surface area contributed by atoms with Crippen LogP contribution in [0.4, 0.5) is 4.39 Å². The van der Waals surface area contributed by atoms with Crippen LogP contribution in [0, 0.1) is 0 Å². The summed E-state index contributed by atoms with van der Waals surface area (Å²) in [7, 11) is 0. The fourth-order valence-electron chi connectivity index (χ4n) is 1.41. The van der Waals surface area contributed by atoms with Gasteiger partial charge in [0.15, 0.2) is 0 Å². The molecule has 0 radical (unpaired) electrons. The van der Waals surface area contributed by atoms with Crippen molar-refractivity contribution >= 4 is 34.1 Å². The highest BCUT2D eigenvalue weighted by atomic mass is 35.5. The van der Waals surface area contributed by atoms with Crippen molar-refractivity contribution in [3.05, 3.63) is 28.6 Å². The first-order valence-electron chi connectivity index (χ1n) is 4.09. The van der Waals surface area contributed by atoms with Crippen molar-refractivity contribution in [1.29, 1.82) is 0 Å². The number of pyridine rings is 1. The van der Waals surface area contributed by atoms with E-state index in [1.54, 1.807) is 22.9 Å². The number of hydrogen-bond donors (Lipinski definition) is 0. The Balaban J connectivity index is 2.66. The maximum absolute atomic E-state index is 12.2. The zero-order chi connectivity index (χ0) is 10.1. The molecule has 0 atom stereocenters. The highest BCUT2D eigenvalue weighted by Gasteiger charge is 2.06. The molecule has 5 heteroatoms. The molecule has 0 aromatic carbocycles. The number of aromatic nitrogens is 2. The predicted molar refractivity (Wildman–Crippen MR) is 55.7 cm³/mol. The molecular formula is C9H7Cl2FN2. The van der Waals surface area contributed by atoms with Gasteiger partial charge in [-0.05, 0) is 12.1 Å². The third-order valence-electron chi connectivity index (χ3n) is 2.01. The molecule has 2 rings (SSSR count). The van der Waals surface area contributed by atoms with Crippen LogP contribution in [-0.2, 0) is 6.54 Å². The lowest BCUT2D eigenvalue weighted by Gasteiger charge is -2.02. The van der Waals surface area contributed by atoms with Crippen LogP contribution in [0.15, 0.2) is 18.3 Å². The van der Waals surface area contributed by atoms with Crippen LogP contribution in [0.5, 0.6) is 0 Å². The van der Waals surface area contributed by atoms with Crippen molar-refractivity contribution in [3.63, 3.8) is 0 Å². The number of halogens is 3. The normalized spacial score (nSPS) is 11.1. The summed E-state index contributed by atoms with van der Waals surface area (Å²) in [5, 5.41) is 1.47. The second-order valence-electron chi connectivity index (χ2n) is 2.87. The van der Waals surface area contributed by atoms with Gasteiger partial charge in [-0.3, -0.25) is 0 Å². The van der Waals surface area contributed by atoms with Gasteiger partial charge >= 0.3 is 0 Å². The molecule has 0 saturated heterocycles. The van der Waals surface area contributed by atoms with Gasteiger partial charge in [0.25, 0.3) is 0 Å². The van der Waals surface area contributed by atoms with E-state index < -0.39 is 6.67 Å². The molecule has 2 nitrogen and oxygen atoms in total. The van der Waals surface area contributed by atoms with Gasteiger partial charge in [0, 0.05) is 11.6 Å². The lowest BCUT2D eigenvalue weighted by atomic mass is 10.3. The Labute approximate surface area is 90.3 Å². The highest BCUT2D eigenvalue weighted by Crippen LogP contribution is 2.25. The van der Waals surface area contributed by atoms with E-state index in [0.717, 1.165) is 10.9 Å². The molecule has 0 saturated carbocycles. The van der Waals surface area contributed by atoms with Crippen LogP contribution < -0.4 is 0 Å². The van der Waals surface area contributed by atoms with Crippen molar-refractivity contribution in [3.8, 4) is 0 Å². The summed E-state index contributed by atoms with van der Waals surface area (Å²) in [5.74, 6) is 0. The van der Waals surface area contributed by atoms with Gasteiger partial charge in [0.2, 0.25) is 0 Å². The fourth-order valence-corrected chi connectivity index (χ4v) is 1.89. The minimum absolute atomic E-state index is 0.306. The Morgan fingerprint density at radius 1 is 1.43 bits per heavy atom. The number of nitrogens with zero attached hydrogens (tertiary/aromatic N) is 2. The van der Waals surface area contributed by atoms with Gasteiger partial charge in [0.1, 0.15) is 17.0 Å². The van der Waals surface area contributed by atoms with Gasteiger partial charge in [0.05, 0.1) is 12.1 Å². The first kappa shape index (κ1) is 9.74. The monoisotopic (exact) mass is 232 g/mol. The number of fused-ring (bicyclic) bond motifs is 1. The van der Waals surface area contributed by atoms with Crippen LogP contribution in [0.3, 0.4) is 0 Å². The largest absolute Gasteiger partial charge is 0.345 e. The number of rotatable bonds is 2. The third-order valence-corrected chi connectivity index (χ3v) is 2.50. The van der Waals surface area contributed by atoms with Gasteiger partial charge in [-0.1, -0.05) is 23.2 Å². The van der Waals surface area contributed by atoms with E-state index >= 15 is 0 Å². The molecule has 0 aliphatic rings. The highest BCUT2D eigenvalue weighted by molar-refractivity contribution is 6.36. The minimum atomic E-state index is -0.415. The molecule has 0 N–H and O–H groups in total. The second kappa shape index (κ2) is 3.75. The molecule has 0 bridgehead atoms. The topological polar surface area (TPSA) is 17.8 Å². The Morgan fingerprint density at radius 3 is 2.93 bits per heavy atom. The Bertz CT molecular complexity index is 467. The molecule has 2 aromatic rings. The maximum Gasteiger partial charge on any atom is 0.140 e. The van der Waals surface area contributed by atoms with E-state index in [-0.39, 0.29) is 0 Å². The van der Waals surface area contributed by atoms with Crippen molar-refractivity contribution in [2.75, 3.05) is 6.67 Å². The van der Waals surface area contributed by atoms with Gasteiger partial charge in [-0.25, -0.2) is 9.37 Å². The van der Waals surface area contributed by atoms with Gasteiger partial charge in [-0.2, -0.15) is 0 Å². The van der Waals surface area contributed by atoms with Crippen molar-refractivity contribution in [1.82, 2.24) is 9.55 Å². The quantitative estimate of drug-likeness (QED) is 0.727. The Kier molecular flexibility index (Phi) is 2.61. The molecule has 0 fully saturated rings. The molecule has 0 unspecified atom stereocenters. The molecule has 0 aliphatic carbocycles. The van der Waals surface area contributed by atoms with E-state index in [4.69, 9.17) is 23.2 Å². The van der Waals surface area contributed by atoms with E-state index in [0.29, 0.717) is 16.9 Å². The molecule has 0 amide bonds. The van der Waals surface area contributed by atoms with Crippen LogP contribution >= 0.6 is 23.2 Å². The van der Waals surface area contributed by atoms with Gasteiger partial charge < -0.3 is 4.57 Å². The Hall–Kier alpha value is -0.800. The molecule has 14 heavy (non-hydrogen) atoms. The van der Waals surface area contributed by atoms with Crippen LogP contribution in [0.1, 0.15) is 0 Å². The van der Waals surface area contributed by atoms with Crippen molar-refractivity contribution in [2.45, 2.75) is 6.54 Å². The summed E-state index contributed by atoms with van der Waals surface area (Å²) in [6, 6.07) is 3.48. The summed E-state index contributed by atoms with van der Waals surface area (Å²) in [6.07, 6.45) is 1.77. The summed E-state index contributed by atoms with van der Waals surface area (Å²) < 4.78 is 13.9. The molecular weight excluding hydrogens is 226 g/mol. The number of aryl methyl sites for hydroxylation is 1. The molecule has 2 heterocycles.